The highest BCUT2D eigenvalue weighted by Crippen LogP contribution is 2.24. The molecule has 2 rings (SSSR count). The Bertz CT molecular complexity index is 556. The minimum Gasteiger partial charge on any atom is -0.481 e. The number of carboxylic acids is 1. The van der Waals surface area contributed by atoms with Gasteiger partial charge >= 0.3 is 5.97 Å². The van der Waals surface area contributed by atoms with Crippen LogP contribution in [-0.2, 0) is 9.59 Å². The Labute approximate surface area is 128 Å². The second kappa shape index (κ2) is 7.27. The summed E-state index contributed by atoms with van der Waals surface area (Å²) in [5.41, 5.74) is 0.779. The molecule has 1 aliphatic rings. The summed E-state index contributed by atoms with van der Waals surface area (Å²) in [5.74, 6) is -1.34. The Morgan fingerprint density at radius 3 is 2.76 bits per heavy atom. The summed E-state index contributed by atoms with van der Waals surface area (Å²) in [5, 5.41) is 12.5. The quantitative estimate of drug-likeness (QED) is 0.840. The number of halogens is 1. The molecule has 0 saturated heterocycles. The number of carboxylic acid groups (broad SMARTS) is 1. The first-order valence-electron chi connectivity index (χ1n) is 7.02. The Morgan fingerprint density at radius 1 is 1.29 bits per heavy atom. The summed E-state index contributed by atoms with van der Waals surface area (Å²) in [6, 6.07) is 7.20. The van der Waals surface area contributed by atoms with Crippen molar-refractivity contribution in [3.8, 4) is 0 Å². The van der Waals surface area contributed by atoms with Crippen molar-refractivity contribution < 1.29 is 14.7 Å². The lowest BCUT2D eigenvalue weighted by atomic mass is 9.86. The molecule has 1 fully saturated rings. The summed E-state index contributed by atoms with van der Waals surface area (Å²) in [7, 11) is 0. The predicted octanol–water partition coefficient (Wildman–Crippen LogP) is 3.11. The van der Waals surface area contributed by atoms with E-state index in [1.165, 1.54) is 6.08 Å². The van der Waals surface area contributed by atoms with Crippen LogP contribution in [0, 0.1) is 5.92 Å². The van der Waals surface area contributed by atoms with Crippen LogP contribution in [0.25, 0.3) is 6.08 Å². The van der Waals surface area contributed by atoms with Gasteiger partial charge in [-0.1, -0.05) is 36.2 Å². The lowest BCUT2D eigenvalue weighted by Crippen LogP contribution is -2.39. The van der Waals surface area contributed by atoms with Gasteiger partial charge < -0.3 is 10.4 Å². The number of carbonyl (C=O) groups is 2. The summed E-state index contributed by atoms with van der Waals surface area (Å²) in [6.07, 6.45) is 5.95. The SMILES string of the molecule is O=C(C=Cc1ccccc1Cl)NC1CCCC(C(=O)O)C1. The van der Waals surface area contributed by atoms with E-state index in [1.54, 1.807) is 12.1 Å². The lowest BCUT2D eigenvalue weighted by molar-refractivity contribution is -0.143. The van der Waals surface area contributed by atoms with E-state index in [9.17, 15) is 9.59 Å². The maximum absolute atomic E-state index is 11.9. The number of aliphatic carboxylic acids is 1. The van der Waals surface area contributed by atoms with Crippen LogP contribution >= 0.6 is 11.6 Å². The van der Waals surface area contributed by atoms with E-state index in [1.807, 2.05) is 18.2 Å². The van der Waals surface area contributed by atoms with Gasteiger partial charge in [-0.2, -0.15) is 0 Å². The fraction of sp³-hybridized carbons (Fsp3) is 0.375. The molecule has 2 atom stereocenters. The molecule has 0 aliphatic heterocycles. The van der Waals surface area contributed by atoms with Crippen molar-refractivity contribution in [2.75, 3.05) is 0 Å². The molecule has 0 heterocycles. The van der Waals surface area contributed by atoms with Gasteiger partial charge in [-0.3, -0.25) is 9.59 Å². The fourth-order valence-electron chi connectivity index (χ4n) is 2.57. The third kappa shape index (κ3) is 4.60. The zero-order chi connectivity index (χ0) is 15.2. The smallest absolute Gasteiger partial charge is 0.306 e. The molecule has 1 aromatic carbocycles. The van der Waals surface area contributed by atoms with E-state index >= 15 is 0 Å². The van der Waals surface area contributed by atoms with E-state index < -0.39 is 5.97 Å². The molecule has 21 heavy (non-hydrogen) atoms. The van der Waals surface area contributed by atoms with Gasteiger partial charge in [-0.25, -0.2) is 0 Å². The van der Waals surface area contributed by atoms with Gasteiger partial charge in [0.2, 0.25) is 5.91 Å². The molecule has 0 radical (unpaired) electrons. The van der Waals surface area contributed by atoms with Crippen molar-refractivity contribution in [2.24, 2.45) is 5.92 Å². The van der Waals surface area contributed by atoms with Crippen molar-refractivity contribution in [3.63, 3.8) is 0 Å². The highest BCUT2D eigenvalue weighted by Gasteiger charge is 2.27. The highest BCUT2D eigenvalue weighted by atomic mass is 35.5. The van der Waals surface area contributed by atoms with Crippen molar-refractivity contribution in [2.45, 2.75) is 31.7 Å². The van der Waals surface area contributed by atoms with Crippen molar-refractivity contribution in [1.82, 2.24) is 5.32 Å². The number of amides is 1. The van der Waals surface area contributed by atoms with Crippen molar-refractivity contribution in [3.05, 3.63) is 40.9 Å². The first-order chi connectivity index (χ1) is 10.1. The number of carbonyl (C=O) groups excluding carboxylic acids is 1. The van der Waals surface area contributed by atoms with Crippen LogP contribution in [0.4, 0.5) is 0 Å². The molecule has 2 unspecified atom stereocenters. The van der Waals surface area contributed by atoms with Crippen LogP contribution < -0.4 is 5.32 Å². The first kappa shape index (κ1) is 15.6. The van der Waals surface area contributed by atoms with E-state index in [2.05, 4.69) is 5.32 Å². The predicted molar refractivity (Wildman–Crippen MR) is 82.0 cm³/mol. The molecule has 1 aromatic rings. The molecule has 0 bridgehead atoms. The van der Waals surface area contributed by atoms with Gasteiger partial charge in [0.1, 0.15) is 0 Å². The Hall–Kier alpha value is -1.81. The monoisotopic (exact) mass is 307 g/mol. The molecule has 0 aromatic heterocycles. The van der Waals surface area contributed by atoms with Crippen molar-refractivity contribution in [1.29, 1.82) is 0 Å². The van der Waals surface area contributed by atoms with Gasteiger partial charge in [-0.15, -0.1) is 0 Å². The molecular weight excluding hydrogens is 290 g/mol. The van der Waals surface area contributed by atoms with Gasteiger partial charge in [0.25, 0.3) is 0 Å². The molecule has 112 valence electrons. The third-order valence-corrected chi connectivity index (χ3v) is 4.03. The average molecular weight is 308 g/mol. The van der Waals surface area contributed by atoms with Crippen LogP contribution in [0.1, 0.15) is 31.2 Å². The van der Waals surface area contributed by atoms with Gasteiger partial charge in [-0.05, 0) is 37.0 Å². The summed E-state index contributed by atoms with van der Waals surface area (Å²) in [6.45, 7) is 0. The van der Waals surface area contributed by atoms with Crippen LogP contribution in [0.3, 0.4) is 0 Å². The average Bonchev–Trinajstić information content (AvgIpc) is 2.46. The normalized spacial score (nSPS) is 22.1. The summed E-state index contributed by atoms with van der Waals surface area (Å²) < 4.78 is 0. The molecule has 1 amide bonds. The number of benzene rings is 1. The molecular formula is C16H18ClNO3. The van der Waals surface area contributed by atoms with E-state index in [0.717, 1.165) is 18.4 Å². The number of hydrogen-bond donors (Lipinski definition) is 2. The zero-order valence-corrected chi connectivity index (χ0v) is 12.3. The van der Waals surface area contributed by atoms with Crippen LogP contribution in [0.5, 0.6) is 0 Å². The Balaban J connectivity index is 1.90. The van der Waals surface area contributed by atoms with Gasteiger partial charge in [0.15, 0.2) is 0 Å². The zero-order valence-electron chi connectivity index (χ0n) is 11.6. The van der Waals surface area contributed by atoms with E-state index in [-0.39, 0.29) is 17.9 Å². The maximum atomic E-state index is 11.9. The molecule has 1 aliphatic carbocycles. The second-order valence-electron chi connectivity index (χ2n) is 5.26. The second-order valence-corrected chi connectivity index (χ2v) is 5.67. The van der Waals surface area contributed by atoms with E-state index in [0.29, 0.717) is 17.9 Å². The van der Waals surface area contributed by atoms with Crippen molar-refractivity contribution >= 4 is 29.6 Å². The maximum Gasteiger partial charge on any atom is 0.306 e. The number of rotatable bonds is 4. The Kier molecular flexibility index (Phi) is 5.39. The first-order valence-corrected chi connectivity index (χ1v) is 7.40. The summed E-state index contributed by atoms with van der Waals surface area (Å²) >= 11 is 6.01. The highest BCUT2D eigenvalue weighted by molar-refractivity contribution is 6.32. The molecule has 1 saturated carbocycles. The summed E-state index contributed by atoms with van der Waals surface area (Å²) in [4.78, 5) is 22.9. The fourth-order valence-corrected chi connectivity index (χ4v) is 2.77. The van der Waals surface area contributed by atoms with E-state index in [4.69, 9.17) is 16.7 Å². The van der Waals surface area contributed by atoms with Crippen LogP contribution in [0.2, 0.25) is 5.02 Å². The third-order valence-electron chi connectivity index (χ3n) is 3.69. The van der Waals surface area contributed by atoms with Gasteiger partial charge in [0, 0.05) is 17.1 Å². The molecule has 5 heteroatoms. The van der Waals surface area contributed by atoms with Gasteiger partial charge in [0.05, 0.1) is 5.92 Å². The molecule has 0 spiro atoms. The minimum atomic E-state index is -0.777. The van der Waals surface area contributed by atoms with Crippen LogP contribution in [-0.4, -0.2) is 23.0 Å². The van der Waals surface area contributed by atoms with Crippen LogP contribution in [0.15, 0.2) is 30.3 Å². The standard InChI is InChI=1S/C16H18ClNO3/c17-14-7-2-1-4-11(14)8-9-15(19)18-13-6-3-5-12(10-13)16(20)21/h1-2,4,7-9,12-13H,3,5-6,10H2,(H,18,19)(H,20,21). The minimum absolute atomic E-state index is 0.0664. The topological polar surface area (TPSA) is 66.4 Å². The lowest BCUT2D eigenvalue weighted by Gasteiger charge is -2.26. The number of nitrogens with one attached hydrogen (secondary N) is 1. The Morgan fingerprint density at radius 2 is 2.05 bits per heavy atom. The number of hydrogen-bond acceptors (Lipinski definition) is 2. The largest absolute Gasteiger partial charge is 0.481 e. The molecule has 2 N–H and O–H groups in total. The molecule has 4 nitrogen and oxygen atoms in total.